The molecule has 0 aliphatic heterocycles. The van der Waals surface area contributed by atoms with Gasteiger partial charge in [0, 0.05) is 16.4 Å². The molecule has 3 aromatic rings. The number of aryl methyl sites for hydroxylation is 2. The molecule has 2 heterocycles. The molecule has 136 valence electrons. The van der Waals surface area contributed by atoms with Gasteiger partial charge in [-0.25, -0.2) is 9.50 Å². The summed E-state index contributed by atoms with van der Waals surface area (Å²) in [6.45, 7) is 7.99. The van der Waals surface area contributed by atoms with Gasteiger partial charge in [-0.15, -0.1) is 5.10 Å². The lowest BCUT2D eigenvalue weighted by atomic mass is 9.96. The summed E-state index contributed by atoms with van der Waals surface area (Å²) in [4.78, 5) is 21.3. The molecule has 6 nitrogen and oxygen atoms in total. The molecule has 0 bridgehead atoms. The maximum absolute atomic E-state index is 12.5. The maximum Gasteiger partial charge on any atom is 0.252 e. The zero-order valence-corrected chi connectivity index (χ0v) is 16.1. The van der Waals surface area contributed by atoms with Crippen LogP contribution in [0.3, 0.4) is 0 Å². The summed E-state index contributed by atoms with van der Waals surface area (Å²) in [5, 5.41) is 8.15. The van der Waals surface area contributed by atoms with E-state index in [9.17, 15) is 4.79 Å². The highest BCUT2D eigenvalue weighted by molar-refractivity contribution is 6.30. The van der Waals surface area contributed by atoms with Crippen molar-refractivity contribution in [3.63, 3.8) is 0 Å². The summed E-state index contributed by atoms with van der Waals surface area (Å²) in [5.41, 5.74) is 2.84. The first-order chi connectivity index (χ1) is 12.3. The molecule has 26 heavy (non-hydrogen) atoms. The van der Waals surface area contributed by atoms with E-state index < -0.39 is 0 Å². The fraction of sp³-hybridized carbons (Fsp3) is 0.368. The zero-order chi connectivity index (χ0) is 18.8. The van der Waals surface area contributed by atoms with Gasteiger partial charge >= 0.3 is 0 Å². The van der Waals surface area contributed by atoms with Gasteiger partial charge in [0.15, 0.2) is 5.82 Å². The van der Waals surface area contributed by atoms with Crippen molar-refractivity contribution in [2.45, 2.75) is 40.2 Å². The van der Waals surface area contributed by atoms with Gasteiger partial charge in [-0.2, -0.15) is 4.98 Å². The Morgan fingerprint density at radius 1 is 1.19 bits per heavy atom. The highest BCUT2D eigenvalue weighted by Crippen LogP contribution is 2.23. The number of carbonyl (C=O) groups is 1. The number of halogens is 1. The van der Waals surface area contributed by atoms with Crippen LogP contribution in [0.1, 0.15) is 42.7 Å². The molecule has 0 saturated heterocycles. The third-order valence-electron chi connectivity index (χ3n) is 4.19. The van der Waals surface area contributed by atoms with Crippen molar-refractivity contribution in [1.29, 1.82) is 0 Å². The van der Waals surface area contributed by atoms with E-state index >= 15 is 0 Å². The Balaban J connectivity index is 1.76. The van der Waals surface area contributed by atoms with Crippen LogP contribution in [0.2, 0.25) is 5.02 Å². The molecule has 0 aliphatic carbocycles. The molecule has 1 N–H and O–H groups in total. The predicted molar refractivity (Wildman–Crippen MR) is 101 cm³/mol. The summed E-state index contributed by atoms with van der Waals surface area (Å²) in [6, 6.07) is 9.37. The van der Waals surface area contributed by atoms with Crippen molar-refractivity contribution in [1.82, 2.24) is 24.9 Å². The van der Waals surface area contributed by atoms with Crippen molar-refractivity contribution in [2.75, 3.05) is 0 Å². The third-order valence-corrected chi connectivity index (χ3v) is 4.45. The van der Waals surface area contributed by atoms with Crippen LogP contribution in [-0.4, -0.2) is 25.5 Å². The van der Waals surface area contributed by atoms with Crippen LogP contribution in [-0.2, 0) is 11.2 Å². The maximum atomic E-state index is 12.5. The minimum Gasteiger partial charge on any atom is -0.349 e. The Kier molecular flexibility index (Phi) is 5.23. The predicted octanol–water partition coefficient (Wildman–Crippen LogP) is 3.45. The third kappa shape index (κ3) is 4.02. The van der Waals surface area contributed by atoms with E-state index in [4.69, 9.17) is 11.6 Å². The van der Waals surface area contributed by atoms with Crippen molar-refractivity contribution in [3.05, 3.63) is 58.1 Å². The molecule has 1 aromatic carbocycles. The van der Waals surface area contributed by atoms with Gasteiger partial charge in [0.2, 0.25) is 5.91 Å². The highest BCUT2D eigenvalue weighted by atomic mass is 35.5. The topological polar surface area (TPSA) is 72.2 Å². The van der Waals surface area contributed by atoms with E-state index in [0.29, 0.717) is 16.6 Å². The first-order valence-corrected chi connectivity index (χ1v) is 8.96. The molecule has 2 aromatic heterocycles. The summed E-state index contributed by atoms with van der Waals surface area (Å²) in [5.74, 6) is 1.09. The number of nitrogens with one attached hydrogen (secondary N) is 1. The van der Waals surface area contributed by atoms with E-state index in [-0.39, 0.29) is 24.3 Å². The number of hydrogen-bond acceptors (Lipinski definition) is 4. The molecular weight excluding hydrogens is 350 g/mol. The molecule has 0 radical (unpaired) electrons. The zero-order valence-electron chi connectivity index (χ0n) is 15.3. The molecule has 0 saturated carbocycles. The van der Waals surface area contributed by atoms with Gasteiger partial charge in [0.05, 0.1) is 12.5 Å². The Bertz CT molecular complexity index is 933. The molecule has 0 fully saturated rings. The van der Waals surface area contributed by atoms with Crippen molar-refractivity contribution < 1.29 is 4.79 Å². The molecule has 0 aliphatic rings. The largest absolute Gasteiger partial charge is 0.349 e. The first kappa shape index (κ1) is 18.3. The Labute approximate surface area is 157 Å². The smallest absolute Gasteiger partial charge is 0.252 e. The second-order valence-electron chi connectivity index (χ2n) is 6.80. The van der Waals surface area contributed by atoms with Gasteiger partial charge in [-0.05, 0) is 43.5 Å². The number of carbonyl (C=O) groups excluding carboxylic acids is 1. The fourth-order valence-corrected chi connectivity index (χ4v) is 3.08. The van der Waals surface area contributed by atoms with Gasteiger partial charge in [-0.1, -0.05) is 37.6 Å². The monoisotopic (exact) mass is 371 g/mol. The van der Waals surface area contributed by atoms with Crippen molar-refractivity contribution in [3.8, 4) is 0 Å². The van der Waals surface area contributed by atoms with Crippen LogP contribution in [0.4, 0.5) is 0 Å². The van der Waals surface area contributed by atoms with E-state index in [2.05, 4.69) is 34.2 Å². The summed E-state index contributed by atoms with van der Waals surface area (Å²) < 4.78 is 1.66. The quantitative estimate of drug-likeness (QED) is 0.745. The number of fused-ring (bicyclic) bond motifs is 1. The van der Waals surface area contributed by atoms with E-state index in [0.717, 1.165) is 17.0 Å². The molecule has 0 spiro atoms. The van der Waals surface area contributed by atoms with E-state index in [1.165, 1.54) is 0 Å². The first-order valence-electron chi connectivity index (χ1n) is 8.58. The van der Waals surface area contributed by atoms with Gasteiger partial charge in [0.25, 0.3) is 5.78 Å². The lowest BCUT2D eigenvalue weighted by Gasteiger charge is -2.22. The Morgan fingerprint density at radius 2 is 1.88 bits per heavy atom. The van der Waals surface area contributed by atoms with Crippen LogP contribution in [0.15, 0.2) is 30.3 Å². The fourth-order valence-electron chi connectivity index (χ4n) is 2.96. The van der Waals surface area contributed by atoms with Crippen molar-refractivity contribution >= 4 is 23.3 Å². The second-order valence-corrected chi connectivity index (χ2v) is 7.23. The molecule has 0 unspecified atom stereocenters. The van der Waals surface area contributed by atoms with Crippen LogP contribution < -0.4 is 5.32 Å². The number of hydrogen-bond donors (Lipinski definition) is 1. The number of rotatable bonds is 5. The number of nitrogens with zero attached hydrogens (tertiary/aromatic N) is 4. The van der Waals surface area contributed by atoms with Crippen LogP contribution in [0, 0.1) is 19.8 Å². The molecular formula is C19H22ClN5O. The standard InChI is InChI=1S/C19H22ClN5O/c1-11(2)18(14-5-7-15(20)8-6-14)23-17(26)10-16-22-19-21-12(3)9-13(4)25(19)24-16/h5-9,11,18H,10H2,1-4H3,(H,23,26)/t18-/m1/s1. The summed E-state index contributed by atoms with van der Waals surface area (Å²) in [6.07, 6.45) is 0.110. The van der Waals surface area contributed by atoms with Crippen LogP contribution >= 0.6 is 11.6 Å². The average Bonchev–Trinajstić information content (AvgIpc) is 2.96. The Hall–Kier alpha value is -2.47. The van der Waals surface area contributed by atoms with E-state index in [1.54, 1.807) is 4.52 Å². The summed E-state index contributed by atoms with van der Waals surface area (Å²) >= 11 is 5.96. The second kappa shape index (κ2) is 7.41. The van der Waals surface area contributed by atoms with Crippen LogP contribution in [0.25, 0.3) is 5.78 Å². The average molecular weight is 372 g/mol. The normalized spacial score (nSPS) is 12.5. The number of aromatic nitrogens is 4. The van der Waals surface area contributed by atoms with Crippen LogP contribution in [0.5, 0.6) is 0 Å². The highest BCUT2D eigenvalue weighted by Gasteiger charge is 2.20. The molecule has 7 heteroatoms. The number of benzene rings is 1. The van der Waals surface area contributed by atoms with Gasteiger partial charge in [0.1, 0.15) is 0 Å². The minimum absolute atomic E-state index is 0.0982. The molecule has 3 rings (SSSR count). The Morgan fingerprint density at radius 3 is 2.54 bits per heavy atom. The van der Waals surface area contributed by atoms with Crippen molar-refractivity contribution in [2.24, 2.45) is 5.92 Å². The van der Waals surface area contributed by atoms with Gasteiger partial charge < -0.3 is 5.32 Å². The molecule has 1 amide bonds. The van der Waals surface area contributed by atoms with E-state index in [1.807, 2.05) is 44.2 Å². The SMILES string of the molecule is Cc1cc(C)n2nc(CC(=O)N[C@@H](c3ccc(Cl)cc3)C(C)C)nc2n1. The number of amides is 1. The minimum atomic E-state index is -0.121. The summed E-state index contributed by atoms with van der Waals surface area (Å²) in [7, 11) is 0. The lowest BCUT2D eigenvalue weighted by Crippen LogP contribution is -2.33. The molecule has 1 atom stereocenters. The lowest BCUT2D eigenvalue weighted by molar-refractivity contribution is -0.121. The van der Waals surface area contributed by atoms with Gasteiger partial charge in [-0.3, -0.25) is 4.79 Å².